The van der Waals surface area contributed by atoms with Crippen LogP contribution < -0.4 is 5.32 Å². The Morgan fingerprint density at radius 3 is 2.08 bits per heavy atom. The lowest BCUT2D eigenvalue weighted by Gasteiger charge is -2.44. The zero-order valence-electron chi connectivity index (χ0n) is 19.7. The Bertz CT molecular complexity index is 1010. The number of aliphatic hydroxyl groups is 1. The van der Waals surface area contributed by atoms with E-state index in [1.54, 1.807) is 37.3 Å². The van der Waals surface area contributed by atoms with E-state index in [0.717, 1.165) is 5.56 Å². The van der Waals surface area contributed by atoms with E-state index in [0.29, 0.717) is 12.1 Å². The third kappa shape index (κ3) is 6.19. The molecule has 3 rings (SSSR count). The molecule has 11 heteroatoms. The Morgan fingerprint density at radius 2 is 1.61 bits per heavy atom. The van der Waals surface area contributed by atoms with E-state index in [1.807, 2.05) is 0 Å². The van der Waals surface area contributed by atoms with Crippen molar-refractivity contribution in [3.05, 3.63) is 70.8 Å². The van der Waals surface area contributed by atoms with Crippen LogP contribution in [0.2, 0.25) is 0 Å². The van der Waals surface area contributed by atoms with Gasteiger partial charge in [0.15, 0.2) is 5.60 Å². The van der Waals surface area contributed by atoms with Crippen LogP contribution in [0.1, 0.15) is 55.0 Å². The summed E-state index contributed by atoms with van der Waals surface area (Å²) < 4.78 is 90.4. The molecule has 0 aromatic heterocycles. The third-order valence-electron chi connectivity index (χ3n) is 6.33. The second kappa shape index (κ2) is 10.4. The van der Waals surface area contributed by atoms with Gasteiger partial charge in [-0.25, -0.2) is 4.79 Å². The number of alkyl halides is 6. The number of carbonyl (C=O) groups excluding carboxylic acids is 1. The van der Waals surface area contributed by atoms with Crippen molar-refractivity contribution in [2.75, 3.05) is 19.8 Å². The van der Waals surface area contributed by atoms with Crippen molar-refractivity contribution in [3.63, 3.8) is 0 Å². The van der Waals surface area contributed by atoms with Gasteiger partial charge in [-0.05, 0) is 56.0 Å². The predicted molar refractivity (Wildman–Crippen MR) is 118 cm³/mol. The van der Waals surface area contributed by atoms with Crippen LogP contribution in [0.15, 0.2) is 48.5 Å². The second-order valence-electron chi connectivity index (χ2n) is 8.85. The number of carbonyl (C=O) groups is 1. The molecule has 3 atom stereocenters. The highest BCUT2D eigenvalue weighted by atomic mass is 19.4. The number of rotatable bonds is 7. The van der Waals surface area contributed by atoms with E-state index in [9.17, 15) is 36.2 Å². The van der Waals surface area contributed by atoms with Crippen LogP contribution in [0, 0.1) is 0 Å². The topological polar surface area (TPSA) is 67.8 Å². The van der Waals surface area contributed by atoms with Crippen LogP contribution in [-0.2, 0) is 32.2 Å². The van der Waals surface area contributed by atoms with Crippen LogP contribution in [-0.4, -0.2) is 36.4 Å². The van der Waals surface area contributed by atoms with E-state index in [2.05, 4.69) is 5.32 Å². The van der Waals surface area contributed by atoms with Gasteiger partial charge in [0.05, 0.1) is 36.0 Å². The summed E-state index contributed by atoms with van der Waals surface area (Å²) in [5, 5.41) is 13.8. The summed E-state index contributed by atoms with van der Waals surface area (Å²) in [6, 6.07) is 10.2. The molecule has 2 N–H and O–H groups in total. The minimum Gasteiger partial charge on any atom is -0.464 e. The molecule has 1 unspecified atom stereocenters. The summed E-state index contributed by atoms with van der Waals surface area (Å²) in [6.45, 7) is 2.74. The molecule has 0 bridgehead atoms. The number of ether oxygens (including phenoxy) is 2. The third-order valence-corrected chi connectivity index (χ3v) is 6.33. The lowest BCUT2D eigenvalue weighted by atomic mass is 9.78. The van der Waals surface area contributed by atoms with Crippen molar-refractivity contribution in [2.45, 2.75) is 56.3 Å². The van der Waals surface area contributed by atoms with E-state index in [-0.39, 0.29) is 44.2 Å². The molecule has 1 aliphatic rings. The van der Waals surface area contributed by atoms with Gasteiger partial charge < -0.3 is 19.9 Å². The van der Waals surface area contributed by atoms with Crippen LogP contribution in [0.25, 0.3) is 0 Å². The Kier molecular flexibility index (Phi) is 8.07. The monoisotopic (exact) mass is 519 g/mol. The molecule has 5 nitrogen and oxygen atoms in total. The van der Waals surface area contributed by atoms with Crippen molar-refractivity contribution >= 4 is 5.97 Å². The van der Waals surface area contributed by atoms with E-state index >= 15 is 0 Å². The summed E-state index contributed by atoms with van der Waals surface area (Å²) >= 11 is 0. The summed E-state index contributed by atoms with van der Waals surface area (Å²) in [4.78, 5) is 12.2. The lowest BCUT2D eigenvalue weighted by molar-refractivity contribution is -0.169. The van der Waals surface area contributed by atoms with Crippen LogP contribution in [0.4, 0.5) is 26.3 Å². The standard InChI is InChI=1S/C25H27F6NO4/c1-3-35-21(33)23(34)10-9-22(32-14-23,18-7-5-4-6-8-18)15-36-16(2)17-11-19(24(26,27)28)13-20(12-17)25(29,30)31/h4-8,11-13,16,32,34H,3,9-10,14-15H2,1-2H3/t16-,22-,23?/m1/s1. The fourth-order valence-electron chi connectivity index (χ4n) is 4.14. The fourth-order valence-corrected chi connectivity index (χ4v) is 4.14. The molecule has 198 valence electrons. The molecule has 2 aromatic rings. The minimum absolute atomic E-state index is 0.00719. The number of benzene rings is 2. The first-order chi connectivity index (χ1) is 16.7. The predicted octanol–water partition coefficient (Wildman–Crippen LogP) is 5.37. The normalized spacial score (nSPS) is 23.8. The number of piperidine rings is 1. The highest BCUT2D eigenvalue weighted by Crippen LogP contribution is 2.39. The molecule has 1 saturated heterocycles. The van der Waals surface area contributed by atoms with Gasteiger partial charge in [-0.1, -0.05) is 30.3 Å². The molecular formula is C25H27F6NO4. The Morgan fingerprint density at radius 1 is 1.03 bits per heavy atom. The summed E-state index contributed by atoms with van der Waals surface area (Å²) in [6.07, 6.45) is -10.9. The van der Waals surface area contributed by atoms with Gasteiger partial charge in [0.2, 0.25) is 0 Å². The van der Waals surface area contributed by atoms with Crippen molar-refractivity contribution in [1.82, 2.24) is 5.32 Å². The molecule has 0 spiro atoms. The molecule has 0 saturated carbocycles. The Balaban J connectivity index is 1.87. The lowest BCUT2D eigenvalue weighted by Crippen LogP contribution is -2.61. The first-order valence-electron chi connectivity index (χ1n) is 11.3. The molecule has 1 fully saturated rings. The maximum absolute atomic E-state index is 13.3. The summed E-state index contributed by atoms with van der Waals surface area (Å²) in [5.74, 6) is -0.780. The largest absolute Gasteiger partial charge is 0.464 e. The van der Waals surface area contributed by atoms with Gasteiger partial charge in [-0.3, -0.25) is 0 Å². The Hall–Kier alpha value is -2.63. The molecular weight excluding hydrogens is 492 g/mol. The van der Waals surface area contributed by atoms with Gasteiger partial charge >= 0.3 is 18.3 Å². The maximum Gasteiger partial charge on any atom is 0.416 e. The zero-order chi connectivity index (χ0) is 26.8. The molecule has 0 amide bonds. The highest BCUT2D eigenvalue weighted by Gasteiger charge is 2.48. The van der Waals surface area contributed by atoms with Gasteiger partial charge in [0.1, 0.15) is 0 Å². The van der Waals surface area contributed by atoms with Crippen LogP contribution in [0.5, 0.6) is 0 Å². The number of halogens is 6. The minimum atomic E-state index is -4.97. The molecule has 0 aliphatic carbocycles. The number of nitrogens with one attached hydrogen (secondary N) is 1. The van der Waals surface area contributed by atoms with Gasteiger partial charge in [0.25, 0.3) is 0 Å². The number of β-amino-alcohol motifs (C(OH)–C–C–N with tert-alkyl or cyclic N) is 1. The fraction of sp³-hybridized carbons (Fsp3) is 0.480. The average molecular weight is 519 g/mol. The number of hydrogen-bond donors (Lipinski definition) is 2. The summed E-state index contributed by atoms with van der Waals surface area (Å²) in [7, 11) is 0. The van der Waals surface area contributed by atoms with Crippen molar-refractivity contribution in [1.29, 1.82) is 0 Å². The number of esters is 1. The zero-order valence-corrected chi connectivity index (χ0v) is 19.7. The Labute approximate surface area is 204 Å². The van der Waals surface area contributed by atoms with Crippen LogP contribution in [0.3, 0.4) is 0 Å². The van der Waals surface area contributed by atoms with Crippen molar-refractivity contribution < 1.29 is 45.7 Å². The highest BCUT2D eigenvalue weighted by molar-refractivity contribution is 5.79. The van der Waals surface area contributed by atoms with Crippen molar-refractivity contribution in [2.24, 2.45) is 0 Å². The maximum atomic E-state index is 13.3. The quantitative estimate of drug-likeness (QED) is 0.380. The van der Waals surface area contributed by atoms with Crippen LogP contribution >= 0.6 is 0 Å². The first kappa shape index (κ1) is 27.9. The van der Waals surface area contributed by atoms with Gasteiger partial charge in [-0.15, -0.1) is 0 Å². The molecule has 36 heavy (non-hydrogen) atoms. The average Bonchev–Trinajstić information content (AvgIpc) is 2.83. The van der Waals surface area contributed by atoms with Gasteiger partial charge in [-0.2, -0.15) is 26.3 Å². The smallest absolute Gasteiger partial charge is 0.416 e. The van der Waals surface area contributed by atoms with E-state index < -0.39 is 46.7 Å². The molecule has 0 radical (unpaired) electrons. The molecule has 1 heterocycles. The number of hydrogen-bond acceptors (Lipinski definition) is 5. The SMILES string of the molecule is CCOC(=O)C1(O)CC[C@@](CO[C@H](C)c2cc(C(F)(F)F)cc(C(F)(F)F)c2)(c2ccccc2)NC1. The van der Waals surface area contributed by atoms with Gasteiger partial charge in [0, 0.05) is 6.54 Å². The van der Waals surface area contributed by atoms with Crippen molar-refractivity contribution in [3.8, 4) is 0 Å². The van der Waals surface area contributed by atoms with E-state index in [4.69, 9.17) is 9.47 Å². The van der Waals surface area contributed by atoms with E-state index in [1.165, 1.54) is 6.92 Å². The summed E-state index contributed by atoms with van der Waals surface area (Å²) in [5.41, 5.74) is -5.13. The second-order valence-corrected chi connectivity index (χ2v) is 8.85. The first-order valence-corrected chi connectivity index (χ1v) is 11.3. The molecule has 1 aliphatic heterocycles. The molecule has 2 aromatic carbocycles.